The Bertz CT molecular complexity index is 590. The lowest BCUT2D eigenvalue weighted by Crippen LogP contribution is -2.27. The normalized spacial score (nSPS) is 10.5. The van der Waals surface area contributed by atoms with Crippen LogP contribution in [0.5, 0.6) is 0 Å². The Morgan fingerprint density at radius 2 is 2.21 bits per heavy atom. The molecule has 0 saturated heterocycles. The van der Waals surface area contributed by atoms with Crippen LogP contribution in [0.4, 0.5) is 4.39 Å². The fourth-order valence-electron chi connectivity index (χ4n) is 1.79. The number of halogens is 1. The first-order chi connectivity index (χ1) is 9.00. The van der Waals surface area contributed by atoms with E-state index in [0.29, 0.717) is 12.3 Å². The van der Waals surface area contributed by atoms with Crippen LogP contribution in [0, 0.1) is 19.7 Å². The maximum atomic E-state index is 13.5. The van der Waals surface area contributed by atoms with E-state index in [1.807, 2.05) is 0 Å². The number of carbonyl (C=O) groups excluding carboxylic acids is 1. The summed E-state index contributed by atoms with van der Waals surface area (Å²) in [6.07, 6.45) is 2.41. The predicted molar refractivity (Wildman–Crippen MR) is 66.0 cm³/mol. The molecule has 2 aromatic rings. The molecule has 0 aliphatic heterocycles. The molecule has 0 fully saturated rings. The van der Waals surface area contributed by atoms with E-state index >= 15 is 0 Å². The van der Waals surface area contributed by atoms with Gasteiger partial charge in [-0.15, -0.1) is 0 Å². The predicted octanol–water partition coefficient (Wildman–Crippen LogP) is 2.10. The summed E-state index contributed by atoms with van der Waals surface area (Å²) in [7, 11) is 1.61. The van der Waals surface area contributed by atoms with E-state index in [-0.39, 0.29) is 5.56 Å². The van der Waals surface area contributed by atoms with Crippen LogP contribution in [0.1, 0.15) is 27.4 Å². The highest BCUT2D eigenvalue weighted by Crippen LogP contribution is 2.16. The number of hydrogen-bond donors (Lipinski definition) is 0. The standard InChI is InChI=1S/C13H14FN3O2/c1-8-11(9(2)19-16-8)7-17(3)13(18)10-4-5-15-6-12(10)14/h4-6H,7H2,1-3H3. The van der Waals surface area contributed by atoms with Crippen LogP contribution < -0.4 is 0 Å². The van der Waals surface area contributed by atoms with Crippen LogP contribution in [0.3, 0.4) is 0 Å². The minimum atomic E-state index is -0.627. The van der Waals surface area contributed by atoms with Crippen molar-refractivity contribution in [3.05, 3.63) is 46.9 Å². The Kier molecular flexibility index (Phi) is 3.59. The number of pyridine rings is 1. The highest BCUT2D eigenvalue weighted by atomic mass is 19.1. The van der Waals surface area contributed by atoms with Gasteiger partial charge in [0.15, 0.2) is 5.82 Å². The van der Waals surface area contributed by atoms with Crippen molar-refractivity contribution in [3.8, 4) is 0 Å². The number of carbonyl (C=O) groups is 1. The summed E-state index contributed by atoms with van der Waals surface area (Å²) in [5.74, 6) is -0.370. The van der Waals surface area contributed by atoms with Crippen molar-refractivity contribution in [1.29, 1.82) is 0 Å². The highest BCUT2D eigenvalue weighted by molar-refractivity contribution is 5.94. The summed E-state index contributed by atoms with van der Waals surface area (Å²) < 4.78 is 18.5. The minimum absolute atomic E-state index is 0.00394. The average Bonchev–Trinajstić information content (AvgIpc) is 2.70. The summed E-state index contributed by atoms with van der Waals surface area (Å²) in [6, 6.07) is 1.36. The SMILES string of the molecule is Cc1noc(C)c1CN(C)C(=O)c1ccncc1F. The zero-order valence-corrected chi connectivity index (χ0v) is 11.0. The van der Waals surface area contributed by atoms with E-state index in [0.717, 1.165) is 17.5 Å². The van der Waals surface area contributed by atoms with E-state index in [4.69, 9.17) is 4.52 Å². The second-order valence-corrected chi connectivity index (χ2v) is 4.32. The monoisotopic (exact) mass is 263 g/mol. The second-order valence-electron chi connectivity index (χ2n) is 4.32. The van der Waals surface area contributed by atoms with Crippen molar-refractivity contribution >= 4 is 5.91 Å². The van der Waals surface area contributed by atoms with E-state index < -0.39 is 11.7 Å². The fraction of sp³-hybridized carbons (Fsp3) is 0.308. The van der Waals surface area contributed by atoms with Gasteiger partial charge < -0.3 is 9.42 Å². The molecular formula is C13H14FN3O2. The number of aryl methyl sites for hydroxylation is 2. The highest BCUT2D eigenvalue weighted by Gasteiger charge is 2.19. The van der Waals surface area contributed by atoms with Crippen molar-refractivity contribution in [3.63, 3.8) is 0 Å². The molecule has 0 spiro atoms. The van der Waals surface area contributed by atoms with Crippen LogP contribution in [0.25, 0.3) is 0 Å². The number of aromatic nitrogens is 2. The molecule has 0 aliphatic rings. The molecule has 5 nitrogen and oxygen atoms in total. The molecule has 6 heteroatoms. The Morgan fingerprint density at radius 1 is 1.47 bits per heavy atom. The summed E-state index contributed by atoms with van der Waals surface area (Å²) in [5.41, 5.74) is 1.57. The van der Waals surface area contributed by atoms with E-state index in [1.54, 1.807) is 20.9 Å². The van der Waals surface area contributed by atoms with Crippen molar-refractivity contribution in [2.45, 2.75) is 20.4 Å². The molecule has 0 aliphatic carbocycles. The largest absolute Gasteiger partial charge is 0.361 e. The lowest BCUT2D eigenvalue weighted by Gasteiger charge is -2.17. The van der Waals surface area contributed by atoms with E-state index in [2.05, 4.69) is 10.1 Å². The zero-order valence-electron chi connectivity index (χ0n) is 11.0. The second kappa shape index (κ2) is 5.17. The molecule has 0 atom stereocenters. The van der Waals surface area contributed by atoms with Crippen molar-refractivity contribution in [2.75, 3.05) is 7.05 Å². The van der Waals surface area contributed by atoms with E-state index in [9.17, 15) is 9.18 Å². The van der Waals surface area contributed by atoms with Crippen molar-refractivity contribution in [2.24, 2.45) is 0 Å². The van der Waals surface area contributed by atoms with Gasteiger partial charge >= 0.3 is 0 Å². The Balaban J connectivity index is 2.19. The van der Waals surface area contributed by atoms with Crippen LogP contribution in [0.2, 0.25) is 0 Å². The number of hydrogen-bond acceptors (Lipinski definition) is 4. The van der Waals surface area contributed by atoms with Crippen LogP contribution >= 0.6 is 0 Å². The molecule has 1 amide bonds. The molecule has 0 unspecified atom stereocenters. The Morgan fingerprint density at radius 3 is 2.79 bits per heavy atom. The first kappa shape index (κ1) is 13.2. The molecule has 2 rings (SSSR count). The Hall–Kier alpha value is -2.24. The average molecular weight is 263 g/mol. The van der Waals surface area contributed by atoms with Crippen LogP contribution in [-0.2, 0) is 6.54 Å². The number of nitrogens with zero attached hydrogens (tertiary/aromatic N) is 3. The molecule has 0 radical (unpaired) electrons. The van der Waals surface area contributed by atoms with Gasteiger partial charge in [0.2, 0.25) is 0 Å². The van der Waals surface area contributed by atoms with Crippen molar-refractivity contribution < 1.29 is 13.7 Å². The molecule has 19 heavy (non-hydrogen) atoms. The van der Waals surface area contributed by atoms with Gasteiger partial charge in [0.1, 0.15) is 5.76 Å². The molecule has 2 aromatic heterocycles. The zero-order chi connectivity index (χ0) is 14.0. The third kappa shape index (κ3) is 2.62. The van der Waals surface area contributed by atoms with Crippen LogP contribution in [-0.4, -0.2) is 28.0 Å². The molecule has 0 bridgehead atoms. The molecular weight excluding hydrogens is 249 g/mol. The van der Waals surface area contributed by atoms with Gasteiger partial charge in [0.05, 0.1) is 24.0 Å². The third-order valence-corrected chi connectivity index (χ3v) is 2.93. The summed E-state index contributed by atoms with van der Waals surface area (Å²) in [5, 5.41) is 3.82. The lowest BCUT2D eigenvalue weighted by molar-refractivity contribution is 0.0779. The lowest BCUT2D eigenvalue weighted by atomic mass is 10.1. The first-order valence-electron chi connectivity index (χ1n) is 5.77. The number of rotatable bonds is 3. The molecule has 0 saturated carbocycles. The van der Waals surface area contributed by atoms with E-state index in [1.165, 1.54) is 17.2 Å². The minimum Gasteiger partial charge on any atom is -0.361 e. The van der Waals surface area contributed by atoms with Crippen LogP contribution in [0.15, 0.2) is 23.0 Å². The first-order valence-corrected chi connectivity index (χ1v) is 5.77. The maximum absolute atomic E-state index is 13.5. The quantitative estimate of drug-likeness (QED) is 0.850. The Labute approximate surface area is 110 Å². The van der Waals surface area contributed by atoms with Gasteiger partial charge in [-0.3, -0.25) is 9.78 Å². The molecule has 0 N–H and O–H groups in total. The van der Waals surface area contributed by atoms with Gasteiger partial charge in [0.25, 0.3) is 5.91 Å². The molecule has 0 aromatic carbocycles. The van der Waals surface area contributed by atoms with Crippen molar-refractivity contribution in [1.82, 2.24) is 15.0 Å². The van der Waals surface area contributed by atoms with Gasteiger partial charge in [-0.05, 0) is 19.9 Å². The summed E-state index contributed by atoms with van der Waals surface area (Å²) in [6.45, 7) is 3.90. The number of amides is 1. The third-order valence-electron chi connectivity index (χ3n) is 2.93. The fourth-order valence-corrected chi connectivity index (χ4v) is 1.79. The molecule has 2 heterocycles. The van der Waals surface area contributed by atoms with Gasteiger partial charge in [-0.2, -0.15) is 0 Å². The summed E-state index contributed by atoms with van der Waals surface area (Å²) in [4.78, 5) is 17.2. The van der Waals surface area contributed by atoms with Gasteiger partial charge in [0, 0.05) is 18.8 Å². The maximum Gasteiger partial charge on any atom is 0.256 e. The molecule has 100 valence electrons. The smallest absolute Gasteiger partial charge is 0.256 e. The summed E-state index contributed by atoms with van der Waals surface area (Å²) >= 11 is 0. The van der Waals surface area contributed by atoms with Gasteiger partial charge in [-0.1, -0.05) is 5.16 Å². The van der Waals surface area contributed by atoms with Gasteiger partial charge in [-0.25, -0.2) is 4.39 Å². The topological polar surface area (TPSA) is 59.2 Å².